The van der Waals surface area contributed by atoms with Gasteiger partial charge in [-0.2, -0.15) is 0 Å². The van der Waals surface area contributed by atoms with Crippen molar-refractivity contribution in [2.24, 2.45) is 0 Å². The molecule has 1 atom stereocenters. The van der Waals surface area contributed by atoms with Gasteiger partial charge in [0.05, 0.1) is 5.60 Å². The molecule has 0 aliphatic heterocycles. The Kier molecular flexibility index (Phi) is 4.93. The van der Waals surface area contributed by atoms with Crippen molar-refractivity contribution in [1.82, 2.24) is 0 Å². The first-order valence-corrected chi connectivity index (χ1v) is 6.46. The van der Waals surface area contributed by atoms with E-state index in [0.717, 1.165) is 22.9 Å². The lowest BCUT2D eigenvalue weighted by molar-refractivity contribution is 0.0270. The van der Waals surface area contributed by atoms with Crippen LogP contribution in [0, 0.1) is 5.82 Å². The summed E-state index contributed by atoms with van der Waals surface area (Å²) in [4.78, 5) is 0. The van der Waals surface area contributed by atoms with Gasteiger partial charge in [-0.1, -0.05) is 36.2 Å². The van der Waals surface area contributed by atoms with Crippen LogP contribution in [-0.2, 0) is 6.42 Å². The van der Waals surface area contributed by atoms with Crippen LogP contribution < -0.4 is 0 Å². The van der Waals surface area contributed by atoms with Gasteiger partial charge in [0.1, 0.15) is 5.82 Å². The van der Waals surface area contributed by atoms with Gasteiger partial charge in [0.15, 0.2) is 0 Å². The smallest absolute Gasteiger partial charge is 0.124 e. The van der Waals surface area contributed by atoms with Gasteiger partial charge in [-0.25, -0.2) is 4.39 Å². The fraction of sp³-hybridized carbons (Fsp3) is 0.538. The first-order valence-electron chi connectivity index (χ1n) is 5.66. The van der Waals surface area contributed by atoms with E-state index in [2.05, 4.69) is 15.9 Å². The van der Waals surface area contributed by atoms with E-state index in [1.165, 1.54) is 12.1 Å². The van der Waals surface area contributed by atoms with Crippen LogP contribution in [0.25, 0.3) is 0 Å². The number of hydrogen-bond donors (Lipinski definition) is 1. The van der Waals surface area contributed by atoms with Gasteiger partial charge >= 0.3 is 0 Å². The van der Waals surface area contributed by atoms with E-state index >= 15 is 0 Å². The molecule has 0 bridgehead atoms. The zero-order valence-electron chi connectivity index (χ0n) is 9.76. The molecule has 3 heteroatoms. The Hall–Kier alpha value is -0.410. The Bertz CT molecular complexity index is 334. The van der Waals surface area contributed by atoms with Gasteiger partial charge in [0.2, 0.25) is 0 Å². The summed E-state index contributed by atoms with van der Waals surface area (Å²) in [6, 6.07) is 4.77. The predicted molar refractivity (Wildman–Crippen MR) is 68.0 cm³/mol. The number of halogens is 2. The molecule has 90 valence electrons. The molecule has 0 radical (unpaired) electrons. The lowest BCUT2D eigenvalue weighted by Gasteiger charge is -2.26. The van der Waals surface area contributed by atoms with Gasteiger partial charge in [0, 0.05) is 10.9 Å². The summed E-state index contributed by atoms with van der Waals surface area (Å²) in [5.74, 6) is -0.265. The molecule has 1 aromatic carbocycles. The quantitative estimate of drug-likeness (QED) is 0.866. The van der Waals surface area contributed by atoms with E-state index in [9.17, 15) is 9.50 Å². The maximum absolute atomic E-state index is 13.2. The third kappa shape index (κ3) is 3.87. The van der Waals surface area contributed by atoms with Gasteiger partial charge in [-0.15, -0.1) is 0 Å². The van der Waals surface area contributed by atoms with E-state index in [1.807, 2.05) is 19.9 Å². The van der Waals surface area contributed by atoms with Gasteiger partial charge in [-0.3, -0.25) is 0 Å². The van der Waals surface area contributed by atoms with Gasteiger partial charge in [0.25, 0.3) is 0 Å². The molecule has 0 amide bonds. The number of benzene rings is 1. The second-order valence-corrected chi connectivity index (χ2v) is 5.20. The molecule has 0 spiro atoms. The lowest BCUT2D eigenvalue weighted by Crippen LogP contribution is -2.30. The standard InChI is InChI=1S/C13H18BrFO/c1-3-5-13(16,4-2)9-10-6-11(14)8-12(15)7-10/h6-8,16H,3-5,9H2,1-2H3. The first kappa shape index (κ1) is 13.7. The fourth-order valence-electron chi connectivity index (χ4n) is 1.95. The van der Waals surface area contributed by atoms with Crippen molar-refractivity contribution in [1.29, 1.82) is 0 Å². The van der Waals surface area contributed by atoms with Gasteiger partial charge < -0.3 is 5.11 Å². The van der Waals surface area contributed by atoms with Crippen LogP contribution >= 0.6 is 15.9 Å². The predicted octanol–water partition coefficient (Wildman–Crippen LogP) is 4.07. The molecule has 1 aromatic rings. The van der Waals surface area contributed by atoms with Crippen LogP contribution in [0.1, 0.15) is 38.7 Å². The zero-order chi connectivity index (χ0) is 12.2. The highest BCUT2D eigenvalue weighted by Gasteiger charge is 2.24. The van der Waals surface area contributed by atoms with E-state index in [1.54, 1.807) is 0 Å². The Morgan fingerprint density at radius 3 is 2.50 bits per heavy atom. The maximum atomic E-state index is 13.2. The second kappa shape index (κ2) is 5.78. The topological polar surface area (TPSA) is 20.2 Å². The van der Waals surface area contributed by atoms with E-state index in [-0.39, 0.29) is 5.82 Å². The van der Waals surface area contributed by atoms with Crippen molar-refractivity contribution in [3.05, 3.63) is 34.1 Å². The van der Waals surface area contributed by atoms with Crippen molar-refractivity contribution in [3.8, 4) is 0 Å². The van der Waals surface area contributed by atoms with Crippen molar-refractivity contribution in [3.63, 3.8) is 0 Å². The normalized spacial score (nSPS) is 14.8. The summed E-state index contributed by atoms with van der Waals surface area (Å²) in [7, 11) is 0. The third-order valence-corrected chi connectivity index (χ3v) is 3.29. The summed E-state index contributed by atoms with van der Waals surface area (Å²) >= 11 is 3.26. The second-order valence-electron chi connectivity index (χ2n) is 4.28. The maximum Gasteiger partial charge on any atom is 0.124 e. The van der Waals surface area contributed by atoms with Crippen molar-refractivity contribution in [2.75, 3.05) is 0 Å². The molecule has 0 aliphatic rings. The third-order valence-electron chi connectivity index (χ3n) is 2.83. The molecule has 0 fully saturated rings. The molecule has 16 heavy (non-hydrogen) atoms. The van der Waals surface area contributed by atoms with E-state index in [4.69, 9.17) is 0 Å². The molecule has 1 unspecified atom stereocenters. The summed E-state index contributed by atoms with van der Waals surface area (Å²) in [6.07, 6.45) is 2.88. The molecule has 0 heterocycles. The number of aliphatic hydroxyl groups is 1. The largest absolute Gasteiger partial charge is 0.390 e. The minimum atomic E-state index is -0.706. The van der Waals surface area contributed by atoms with Crippen LogP contribution in [0.4, 0.5) is 4.39 Å². The minimum absolute atomic E-state index is 0.265. The molecule has 0 aromatic heterocycles. The van der Waals surface area contributed by atoms with E-state index < -0.39 is 5.60 Å². The zero-order valence-corrected chi connectivity index (χ0v) is 11.3. The molecule has 1 rings (SSSR count). The molecule has 0 saturated carbocycles. The summed E-state index contributed by atoms with van der Waals surface area (Å²) in [5, 5.41) is 10.3. The number of hydrogen-bond acceptors (Lipinski definition) is 1. The van der Waals surface area contributed by atoms with Crippen molar-refractivity contribution in [2.45, 2.75) is 45.1 Å². The van der Waals surface area contributed by atoms with Crippen molar-refractivity contribution < 1.29 is 9.50 Å². The average Bonchev–Trinajstić information content (AvgIpc) is 2.16. The highest BCUT2D eigenvalue weighted by atomic mass is 79.9. The summed E-state index contributed by atoms with van der Waals surface area (Å²) in [5.41, 5.74) is 0.131. The SMILES string of the molecule is CCCC(O)(CC)Cc1cc(F)cc(Br)c1. The van der Waals surface area contributed by atoms with E-state index in [0.29, 0.717) is 12.8 Å². The lowest BCUT2D eigenvalue weighted by atomic mass is 9.88. The fourth-order valence-corrected chi connectivity index (χ4v) is 2.46. The molecule has 0 aliphatic carbocycles. The minimum Gasteiger partial charge on any atom is -0.390 e. The molecule has 1 nitrogen and oxygen atoms in total. The average molecular weight is 289 g/mol. The molecule has 0 saturated heterocycles. The van der Waals surface area contributed by atoms with Gasteiger partial charge in [-0.05, 0) is 36.6 Å². The first-order chi connectivity index (χ1) is 7.49. The van der Waals surface area contributed by atoms with Crippen molar-refractivity contribution >= 4 is 15.9 Å². The van der Waals surface area contributed by atoms with Crippen LogP contribution in [-0.4, -0.2) is 10.7 Å². The Morgan fingerprint density at radius 2 is 2.00 bits per heavy atom. The molecular weight excluding hydrogens is 271 g/mol. The van der Waals surface area contributed by atoms with Crippen LogP contribution in [0.5, 0.6) is 0 Å². The Balaban J connectivity index is 2.85. The van der Waals surface area contributed by atoms with Crippen LogP contribution in [0.15, 0.2) is 22.7 Å². The molecule has 1 N–H and O–H groups in total. The van der Waals surface area contributed by atoms with Crippen LogP contribution in [0.3, 0.4) is 0 Å². The highest BCUT2D eigenvalue weighted by molar-refractivity contribution is 9.10. The summed E-state index contributed by atoms with van der Waals surface area (Å²) in [6.45, 7) is 4.01. The summed E-state index contributed by atoms with van der Waals surface area (Å²) < 4.78 is 13.9. The highest BCUT2D eigenvalue weighted by Crippen LogP contribution is 2.25. The van der Waals surface area contributed by atoms with Crippen LogP contribution in [0.2, 0.25) is 0 Å². The Morgan fingerprint density at radius 1 is 1.31 bits per heavy atom. The number of rotatable bonds is 5. The Labute approximate surface area is 105 Å². The molecular formula is C13H18BrFO. The monoisotopic (exact) mass is 288 g/mol.